The molecule has 2 aromatic heterocycles. The number of hydrogen-bond acceptors (Lipinski definition) is 9. The number of hydrogen-bond donors (Lipinski definition) is 2. The molecule has 0 bridgehead atoms. The van der Waals surface area contributed by atoms with Crippen molar-refractivity contribution in [3.8, 4) is 16.3 Å². The molecule has 0 radical (unpaired) electrons. The number of para-hydroxylation sites is 1. The van der Waals surface area contributed by atoms with Crippen LogP contribution in [0.5, 0.6) is 5.75 Å². The number of carbonyl (C=O) groups is 1. The van der Waals surface area contributed by atoms with E-state index in [9.17, 15) is 14.9 Å². The summed E-state index contributed by atoms with van der Waals surface area (Å²) in [7, 11) is 0. The topological polar surface area (TPSA) is 119 Å². The minimum absolute atomic E-state index is 0.0914. The number of benzene rings is 1. The molecule has 29 heavy (non-hydrogen) atoms. The van der Waals surface area contributed by atoms with E-state index in [4.69, 9.17) is 4.74 Å². The van der Waals surface area contributed by atoms with E-state index in [0.717, 1.165) is 10.6 Å². The van der Waals surface area contributed by atoms with Crippen LogP contribution in [-0.2, 0) is 4.79 Å². The number of thiazole rings is 2. The fourth-order valence-electron chi connectivity index (χ4n) is 2.51. The predicted octanol–water partition coefficient (Wildman–Crippen LogP) is 4.97. The molecule has 0 saturated heterocycles. The van der Waals surface area contributed by atoms with Crippen molar-refractivity contribution in [2.75, 3.05) is 17.2 Å². The van der Waals surface area contributed by atoms with Crippen molar-refractivity contribution in [3.05, 3.63) is 39.4 Å². The van der Waals surface area contributed by atoms with E-state index in [1.54, 1.807) is 19.1 Å². The van der Waals surface area contributed by atoms with Gasteiger partial charge < -0.3 is 15.4 Å². The van der Waals surface area contributed by atoms with Gasteiger partial charge >= 0.3 is 0 Å². The first-order chi connectivity index (χ1) is 13.9. The Morgan fingerprint density at radius 3 is 2.76 bits per heavy atom. The molecule has 3 rings (SSSR count). The van der Waals surface area contributed by atoms with Gasteiger partial charge in [-0.25, -0.2) is 9.97 Å². The monoisotopic (exact) mass is 433 g/mol. The SMILES string of the molecule is CCOc1cccc([N+](=O)[O-])c1Nc1nc(-c2sc(NC(=O)CC)nc2C)cs1. The minimum atomic E-state index is -0.463. The van der Waals surface area contributed by atoms with Crippen LogP contribution >= 0.6 is 22.7 Å². The zero-order valence-corrected chi connectivity index (χ0v) is 17.6. The Balaban J connectivity index is 1.89. The van der Waals surface area contributed by atoms with Gasteiger partial charge in [-0.15, -0.1) is 11.3 Å². The van der Waals surface area contributed by atoms with Crippen LogP contribution in [0.2, 0.25) is 0 Å². The van der Waals surface area contributed by atoms with Crippen molar-refractivity contribution >= 4 is 50.2 Å². The smallest absolute Gasteiger partial charge is 0.296 e. The van der Waals surface area contributed by atoms with Gasteiger partial charge in [-0.05, 0) is 19.9 Å². The first kappa shape index (κ1) is 20.7. The number of nitro benzene ring substituents is 1. The lowest BCUT2D eigenvalue weighted by Crippen LogP contribution is -2.08. The second-order valence-electron chi connectivity index (χ2n) is 5.84. The fraction of sp³-hybridized carbons (Fsp3) is 0.278. The molecule has 0 spiro atoms. The highest BCUT2D eigenvalue weighted by Crippen LogP contribution is 2.39. The Kier molecular flexibility index (Phi) is 6.39. The largest absolute Gasteiger partial charge is 0.491 e. The molecule has 1 aromatic carbocycles. The standard InChI is InChI=1S/C18H19N5O4S2/c1-4-14(24)21-18-19-10(3)16(29-18)11-9-28-17(20-11)22-15-12(23(25)26)7-6-8-13(15)27-5-2/h6-9H,4-5H2,1-3H3,(H,20,22)(H,19,21,24). The molecule has 0 aliphatic rings. The third kappa shape index (κ3) is 4.69. The molecule has 2 heterocycles. The van der Waals surface area contributed by atoms with E-state index in [1.807, 2.05) is 19.2 Å². The molecule has 11 heteroatoms. The van der Waals surface area contributed by atoms with E-state index in [-0.39, 0.29) is 17.3 Å². The zero-order chi connectivity index (χ0) is 21.0. The second-order valence-corrected chi connectivity index (χ2v) is 7.70. The van der Waals surface area contributed by atoms with Crippen LogP contribution in [-0.4, -0.2) is 27.4 Å². The zero-order valence-electron chi connectivity index (χ0n) is 16.0. The molecular weight excluding hydrogens is 414 g/mol. The Morgan fingerprint density at radius 1 is 1.28 bits per heavy atom. The number of nitrogens with zero attached hydrogens (tertiary/aromatic N) is 3. The van der Waals surface area contributed by atoms with Crippen molar-refractivity contribution in [2.24, 2.45) is 0 Å². The molecule has 1 amide bonds. The summed E-state index contributed by atoms with van der Waals surface area (Å²) in [5.74, 6) is 0.280. The number of aromatic nitrogens is 2. The number of rotatable bonds is 8. The van der Waals surface area contributed by atoms with Gasteiger partial charge in [-0.3, -0.25) is 14.9 Å². The van der Waals surface area contributed by atoms with Gasteiger partial charge in [0.1, 0.15) is 5.75 Å². The maximum absolute atomic E-state index is 11.6. The maximum Gasteiger partial charge on any atom is 0.296 e. The Hall–Kier alpha value is -3.05. The van der Waals surface area contributed by atoms with Gasteiger partial charge in [-0.1, -0.05) is 24.3 Å². The second kappa shape index (κ2) is 8.97. The first-order valence-electron chi connectivity index (χ1n) is 8.83. The van der Waals surface area contributed by atoms with Gasteiger partial charge in [0.2, 0.25) is 5.91 Å². The molecule has 0 fully saturated rings. The Labute approximate surface area is 174 Å². The van der Waals surface area contributed by atoms with Gasteiger partial charge in [-0.2, -0.15) is 0 Å². The fourth-order valence-corrected chi connectivity index (χ4v) is 4.23. The van der Waals surface area contributed by atoms with Gasteiger partial charge in [0.05, 0.1) is 27.8 Å². The average molecular weight is 434 g/mol. The normalized spacial score (nSPS) is 10.6. The van der Waals surface area contributed by atoms with Crippen LogP contribution in [0, 0.1) is 17.0 Å². The molecule has 0 atom stereocenters. The van der Waals surface area contributed by atoms with E-state index in [0.29, 0.717) is 34.7 Å². The molecule has 3 aromatic rings. The third-order valence-electron chi connectivity index (χ3n) is 3.83. The summed E-state index contributed by atoms with van der Waals surface area (Å²) in [6, 6.07) is 4.66. The highest BCUT2D eigenvalue weighted by molar-refractivity contribution is 7.20. The van der Waals surface area contributed by atoms with E-state index in [1.165, 1.54) is 28.7 Å². The first-order valence-corrected chi connectivity index (χ1v) is 10.5. The molecule has 0 aliphatic heterocycles. The maximum atomic E-state index is 11.6. The van der Waals surface area contributed by atoms with Crippen LogP contribution in [0.4, 0.5) is 21.6 Å². The lowest BCUT2D eigenvalue weighted by atomic mass is 10.2. The summed E-state index contributed by atoms with van der Waals surface area (Å²) >= 11 is 2.65. The quantitative estimate of drug-likeness (QED) is 0.380. The molecule has 152 valence electrons. The summed E-state index contributed by atoms with van der Waals surface area (Å²) < 4.78 is 5.52. The highest BCUT2D eigenvalue weighted by Gasteiger charge is 2.21. The summed E-state index contributed by atoms with van der Waals surface area (Å²) in [5.41, 5.74) is 1.60. The van der Waals surface area contributed by atoms with Crippen LogP contribution in [0.3, 0.4) is 0 Å². The number of amides is 1. The summed E-state index contributed by atoms with van der Waals surface area (Å²) in [4.78, 5) is 32.3. The number of aryl methyl sites for hydroxylation is 1. The predicted molar refractivity (Wildman–Crippen MR) is 114 cm³/mol. The summed E-state index contributed by atoms with van der Waals surface area (Å²) in [6.07, 6.45) is 0.372. The third-order valence-corrected chi connectivity index (χ3v) is 5.69. The number of ether oxygens (including phenoxy) is 1. The van der Waals surface area contributed by atoms with Crippen molar-refractivity contribution in [3.63, 3.8) is 0 Å². The van der Waals surface area contributed by atoms with Crippen molar-refractivity contribution < 1.29 is 14.5 Å². The Bertz CT molecular complexity index is 1050. The van der Waals surface area contributed by atoms with Crippen molar-refractivity contribution in [1.82, 2.24) is 9.97 Å². The number of anilines is 3. The lowest BCUT2D eigenvalue weighted by Gasteiger charge is -2.10. The van der Waals surface area contributed by atoms with Crippen LogP contribution < -0.4 is 15.4 Å². The highest BCUT2D eigenvalue weighted by atomic mass is 32.1. The molecule has 2 N–H and O–H groups in total. The van der Waals surface area contributed by atoms with Crippen LogP contribution in [0.15, 0.2) is 23.6 Å². The van der Waals surface area contributed by atoms with Crippen LogP contribution in [0.1, 0.15) is 26.0 Å². The minimum Gasteiger partial charge on any atom is -0.491 e. The van der Waals surface area contributed by atoms with Gasteiger partial charge in [0, 0.05) is 17.9 Å². The lowest BCUT2D eigenvalue weighted by molar-refractivity contribution is -0.384. The van der Waals surface area contributed by atoms with E-state index in [2.05, 4.69) is 20.6 Å². The molecule has 0 saturated carbocycles. The molecule has 0 unspecified atom stereocenters. The number of nitrogens with one attached hydrogen (secondary N) is 2. The molecule has 9 nitrogen and oxygen atoms in total. The summed E-state index contributed by atoms with van der Waals surface area (Å²) in [5, 5.41) is 20.0. The molecular formula is C18H19N5O4S2. The Morgan fingerprint density at radius 2 is 2.07 bits per heavy atom. The van der Waals surface area contributed by atoms with E-state index >= 15 is 0 Å². The van der Waals surface area contributed by atoms with Crippen LogP contribution in [0.25, 0.3) is 10.6 Å². The van der Waals surface area contributed by atoms with Crippen molar-refractivity contribution in [1.29, 1.82) is 0 Å². The number of carbonyl (C=O) groups excluding carboxylic acids is 1. The van der Waals surface area contributed by atoms with Gasteiger partial charge in [0.15, 0.2) is 16.0 Å². The van der Waals surface area contributed by atoms with Gasteiger partial charge in [0.25, 0.3) is 5.69 Å². The van der Waals surface area contributed by atoms with Crippen molar-refractivity contribution in [2.45, 2.75) is 27.2 Å². The number of nitro groups is 1. The average Bonchev–Trinajstić information content (AvgIpc) is 3.29. The van der Waals surface area contributed by atoms with E-state index < -0.39 is 4.92 Å². The molecule has 0 aliphatic carbocycles. The summed E-state index contributed by atoms with van der Waals surface area (Å²) in [6.45, 7) is 5.81.